The Morgan fingerprint density at radius 2 is 1.70 bits per heavy atom. The Hall–Kier alpha value is -3.38. The summed E-state index contributed by atoms with van der Waals surface area (Å²) in [6.07, 6.45) is 0.234. The highest BCUT2D eigenvalue weighted by atomic mass is 16.5. The molecule has 0 radical (unpaired) electrons. The van der Waals surface area contributed by atoms with Crippen LogP contribution < -0.4 is 10.1 Å². The number of aliphatic hydroxyl groups excluding tert-OH is 1. The Bertz CT molecular complexity index is 1030. The molecule has 1 heterocycles. The van der Waals surface area contributed by atoms with Gasteiger partial charge in [0.25, 0.3) is 5.91 Å². The molecule has 0 spiro atoms. The summed E-state index contributed by atoms with van der Waals surface area (Å²) in [6, 6.07) is 22.3. The van der Waals surface area contributed by atoms with E-state index in [-0.39, 0.29) is 19.1 Å². The number of amides is 3. The first-order valence-corrected chi connectivity index (χ1v) is 10.1. The smallest absolute Gasteiger partial charge is 0.324 e. The van der Waals surface area contributed by atoms with Gasteiger partial charge in [0.1, 0.15) is 24.5 Å². The number of imide groups is 1. The van der Waals surface area contributed by atoms with Crippen LogP contribution in [0, 0.1) is 0 Å². The van der Waals surface area contributed by atoms with Gasteiger partial charge in [-0.1, -0.05) is 66.7 Å². The van der Waals surface area contributed by atoms with Crippen LogP contribution in [0.15, 0.2) is 72.8 Å². The van der Waals surface area contributed by atoms with Gasteiger partial charge in [0.05, 0.1) is 6.54 Å². The molecular weight excluding hydrogens is 380 g/mol. The van der Waals surface area contributed by atoms with Crippen LogP contribution >= 0.6 is 0 Å². The molecule has 0 bridgehead atoms. The Balaban J connectivity index is 1.32. The Labute approximate surface area is 175 Å². The molecule has 2 N–H and O–H groups in total. The van der Waals surface area contributed by atoms with Gasteiger partial charge in [-0.25, -0.2) is 4.79 Å². The molecule has 154 valence electrons. The fraction of sp³-hybridized carbons (Fsp3) is 0.250. The number of hydrogen-bond acceptors (Lipinski definition) is 4. The van der Waals surface area contributed by atoms with E-state index in [0.29, 0.717) is 18.6 Å². The average Bonchev–Trinajstić information content (AvgIpc) is 3.04. The zero-order chi connectivity index (χ0) is 20.9. The van der Waals surface area contributed by atoms with E-state index in [2.05, 4.69) is 5.32 Å². The third-order valence-electron chi connectivity index (χ3n) is 5.25. The minimum Gasteiger partial charge on any atom is -0.490 e. The molecule has 2 atom stereocenters. The summed E-state index contributed by atoms with van der Waals surface area (Å²) >= 11 is 0. The van der Waals surface area contributed by atoms with Crippen LogP contribution in [0.4, 0.5) is 4.79 Å². The zero-order valence-corrected chi connectivity index (χ0v) is 16.5. The predicted molar refractivity (Wildman–Crippen MR) is 114 cm³/mol. The SMILES string of the molecule is O=C1NC(CCc2ccccc2)C(=O)N1CC(O)COc1cccc2ccccc12. The summed E-state index contributed by atoms with van der Waals surface area (Å²) in [7, 11) is 0. The fourth-order valence-electron chi connectivity index (χ4n) is 3.67. The lowest BCUT2D eigenvalue weighted by atomic mass is 10.1. The van der Waals surface area contributed by atoms with Crippen molar-refractivity contribution in [1.82, 2.24) is 10.2 Å². The van der Waals surface area contributed by atoms with E-state index in [0.717, 1.165) is 21.2 Å². The molecule has 0 saturated carbocycles. The number of fused-ring (bicyclic) bond motifs is 1. The summed E-state index contributed by atoms with van der Waals surface area (Å²) in [4.78, 5) is 25.9. The highest BCUT2D eigenvalue weighted by Crippen LogP contribution is 2.25. The second kappa shape index (κ2) is 8.97. The van der Waals surface area contributed by atoms with Crippen molar-refractivity contribution in [3.8, 4) is 5.75 Å². The maximum atomic E-state index is 12.6. The van der Waals surface area contributed by atoms with E-state index in [4.69, 9.17) is 4.74 Å². The van der Waals surface area contributed by atoms with Crippen LogP contribution in [0.3, 0.4) is 0 Å². The number of benzene rings is 3. The molecule has 1 aliphatic heterocycles. The van der Waals surface area contributed by atoms with Gasteiger partial charge >= 0.3 is 6.03 Å². The summed E-state index contributed by atoms with van der Waals surface area (Å²) < 4.78 is 5.77. The minimum absolute atomic E-state index is 0.0141. The molecule has 0 aliphatic carbocycles. The van der Waals surface area contributed by atoms with Gasteiger partial charge in [-0.3, -0.25) is 9.69 Å². The number of urea groups is 1. The molecule has 0 aromatic heterocycles. The van der Waals surface area contributed by atoms with Crippen LogP contribution in [-0.2, 0) is 11.2 Å². The lowest BCUT2D eigenvalue weighted by Crippen LogP contribution is -2.40. The maximum absolute atomic E-state index is 12.6. The monoisotopic (exact) mass is 404 g/mol. The summed E-state index contributed by atoms with van der Waals surface area (Å²) in [5.41, 5.74) is 1.11. The van der Waals surface area contributed by atoms with Gasteiger partial charge in [0, 0.05) is 5.39 Å². The summed E-state index contributed by atoms with van der Waals surface area (Å²) in [5, 5.41) is 15.1. The van der Waals surface area contributed by atoms with E-state index in [1.54, 1.807) is 0 Å². The topological polar surface area (TPSA) is 78.9 Å². The molecule has 6 nitrogen and oxygen atoms in total. The second-order valence-electron chi connectivity index (χ2n) is 7.42. The number of rotatable bonds is 8. The predicted octanol–water partition coefficient (Wildman–Crippen LogP) is 3.13. The molecule has 1 aliphatic rings. The quantitative estimate of drug-likeness (QED) is 0.566. The highest BCUT2D eigenvalue weighted by Gasteiger charge is 2.38. The fourth-order valence-corrected chi connectivity index (χ4v) is 3.67. The van der Waals surface area contributed by atoms with Crippen molar-refractivity contribution in [1.29, 1.82) is 0 Å². The van der Waals surface area contributed by atoms with Gasteiger partial charge < -0.3 is 15.2 Å². The molecular formula is C24H24N2O4. The molecule has 3 aromatic carbocycles. The molecule has 3 amide bonds. The van der Waals surface area contributed by atoms with Crippen molar-refractivity contribution in [3.63, 3.8) is 0 Å². The van der Waals surface area contributed by atoms with E-state index >= 15 is 0 Å². The molecule has 1 saturated heterocycles. The van der Waals surface area contributed by atoms with Gasteiger partial charge in [-0.2, -0.15) is 0 Å². The number of nitrogens with zero attached hydrogens (tertiary/aromatic N) is 1. The zero-order valence-electron chi connectivity index (χ0n) is 16.5. The third-order valence-corrected chi connectivity index (χ3v) is 5.25. The van der Waals surface area contributed by atoms with E-state index in [1.807, 2.05) is 72.8 Å². The normalized spacial score (nSPS) is 17.2. The molecule has 30 heavy (non-hydrogen) atoms. The van der Waals surface area contributed by atoms with E-state index < -0.39 is 18.2 Å². The number of carbonyl (C=O) groups excluding carboxylic acids is 2. The number of hydrogen-bond donors (Lipinski definition) is 2. The van der Waals surface area contributed by atoms with Crippen LogP contribution in [0.1, 0.15) is 12.0 Å². The summed E-state index contributed by atoms with van der Waals surface area (Å²) in [6.45, 7) is -0.114. The number of ether oxygens (including phenoxy) is 1. The lowest BCUT2D eigenvalue weighted by molar-refractivity contribution is -0.128. The van der Waals surface area contributed by atoms with Crippen molar-refractivity contribution in [2.45, 2.75) is 25.0 Å². The number of aliphatic hydroxyl groups is 1. The van der Waals surface area contributed by atoms with Crippen molar-refractivity contribution < 1.29 is 19.4 Å². The largest absolute Gasteiger partial charge is 0.490 e. The Morgan fingerprint density at radius 1 is 0.967 bits per heavy atom. The molecule has 2 unspecified atom stereocenters. The second-order valence-corrected chi connectivity index (χ2v) is 7.42. The first-order valence-electron chi connectivity index (χ1n) is 10.1. The van der Waals surface area contributed by atoms with Gasteiger partial charge in [0.15, 0.2) is 0 Å². The average molecular weight is 404 g/mol. The minimum atomic E-state index is -0.980. The number of carbonyl (C=O) groups is 2. The molecule has 3 aromatic rings. The summed E-state index contributed by atoms with van der Waals surface area (Å²) in [5.74, 6) is 0.352. The van der Waals surface area contributed by atoms with Gasteiger partial charge in [-0.05, 0) is 29.9 Å². The Morgan fingerprint density at radius 3 is 2.53 bits per heavy atom. The van der Waals surface area contributed by atoms with Gasteiger partial charge in [0.2, 0.25) is 0 Å². The van der Waals surface area contributed by atoms with Crippen molar-refractivity contribution in [2.24, 2.45) is 0 Å². The van der Waals surface area contributed by atoms with Crippen LogP contribution in [0.5, 0.6) is 5.75 Å². The van der Waals surface area contributed by atoms with Crippen LogP contribution in [0.2, 0.25) is 0 Å². The number of β-amino-alcohol motifs (C(OH)–C–C–N with tert-alkyl or cyclic N) is 1. The molecule has 1 fully saturated rings. The first-order chi connectivity index (χ1) is 14.6. The first kappa shape index (κ1) is 19.9. The highest BCUT2D eigenvalue weighted by molar-refractivity contribution is 6.04. The van der Waals surface area contributed by atoms with E-state index in [1.165, 1.54) is 0 Å². The van der Waals surface area contributed by atoms with Crippen LogP contribution in [-0.4, -0.2) is 47.2 Å². The third kappa shape index (κ3) is 4.44. The number of nitrogens with one attached hydrogen (secondary N) is 1. The van der Waals surface area contributed by atoms with Gasteiger partial charge in [-0.15, -0.1) is 0 Å². The van der Waals surface area contributed by atoms with Crippen LogP contribution in [0.25, 0.3) is 10.8 Å². The van der Waals surface area contributed by atoms with Crippen molar-refractivity contribution >= 4 is 22.7 Å². The van der Waals surface area contributed by atoms with E-state index in [9.17, 15) is 14.7 Å². The number of aryl methyl sites for hydroxylation is 1. The van der Waals surface area contributed by atoms with Crippen molar-refractivity contribution in [3.05, 3.63) is 78.4 Å². The van der Waals surface area contributed by atoms with Crippen molar-refractivity contribution in [2.75, 3.05) is 13.2 Å². The standard InChI is InChI=1S/C24H24N2O4/c27-19(16-30-22-12-6-10-18-9-4-5-11-20(18)22)15-26-23(28)21(25-24(26)29)14-13-17-7-2-1-3-8-17/h1-12,19,21,27H,13-16H2,(H,25,29). The molecule has 6 heteroatoms. The Kier molecular flexibility index (Phi) is 5.95. The maximum Gasteiger partial charge on any atom is 0.324 e. The lowest BCUT2D eigenvalue weighted by Gasteiger charge is -2.18. The molecule has 4 rings (SSSR count).